The largest absolute Gasteiger partial charge is 0.478 e. The predicted molar refractivity (Wildman–Crippen MR) is 69.4 cm³/mol. The fourth-order valence-electron chi connectivity index (χ4n) is 1.41. The number of benzene rings is 1. The number of carboxylic acid groups (broad SMARTS) is 1. The van der Waals surface area contributed by atoms with E-state index < -0.39 is 16.6 Å². The van der Waals surface area contributed by atoms with Crippen molar-refractivity contribution in [1.82, 2.24) is 4.98 Å². The Labute approximate surface area is 117 Å². The van der Waals surface area contributed by atoms with E-state index in [4.69, 9.17) is 21.4 Å². The zero-order valence-corrected chi connectivity index (χ0v) is 10.6. The Morgan fingerprint density at radius 2 is 2.15 bits per heavy atom. The summed E-state index contributed by atoms with van der Waals surface area (Å²) in [6.45, 7) is 0. The maximum absolute atomic E-state index is 10.9. The van der Waals surface area contributed by atoms with Gasteiger partial charge in [0, 0.05) is 17.3 Å². The molecule has 102 valence electrons. The maximum Gasteiger partial charge on any atom is 0.337 e. The van der Waals surface area contributed by atoms with E-state index in [0.717, 1.165) is 12.3 Å². The normalized spacial score (nSPS) is 10.1. The van der Waals surface area contributed by atoms with E-state index in [1.54, 1.807) is 18.2 Å². The number of aromatic nitrogens is 1. The van der Waals surface area contributed by atoms with Crippen LogP contribution in [0.1, 0.15) is 10.4 Å². The molecule has 0 aliphatic heterocycles. The number of halogens is 1. The quantitative estimate of drug-likeness (QED) is 0.686. The van der Waals surface area contributed by atoms with E-state index in [1.165, 1.54) is 6.07 Å². The molecule has 7 nitrogen and oxygen atoms in total. The molecule has 1 heterocycles. The molecule has 8 heteroatoms. The third kappa shape index (κ3) is 3.01. The van der Waals surface area contributed by atoms with Crippen LogP contribution in [0.3, 0.4) is 0 Å². The first-order valence-electron chi connectivity index (χ1n) is 5.28. The third-order valence-electron chi connectivity index (χ3n) is 2.29. The first kappa shape index (κ1) is 13.8. The first-order valence-corrected chi connectivity index (χ1v) is 5.66. The highest BCUT2D eigenvalue weighted by molar-refractivity contribution is 6.30. The molecular weight excluding hydrogens is 288 g/mol. The molecule has 0 radical (unpaired) electrons. The van der Waals surface area contributed by atoms with E-state index in [0.29, 0.717) is 5.02 Å². The number of carboxylic acids is 1. The molecule has 1 aromatic heterocycles. The summed E-state index contributed by atoms with van der Waals surface area (Å²) in [4.78, 5) is 24.6. The van der Waals surface area contributed by atoms with Crippen LogP contribution in [0, 0.1) is 10.1 Å². The van der Waals surface area contributed by atoms with E-state index in [9.17, 15) is 14.9 Å². The van der Waals surface area contributed by atoms with Crippen molar-refractivity contribution in [2.45, 2.75) is 0 Å². The smallest absolute Gasteiger partial charge is 0.337 e. The summed E-state index contributed by atoms with van der Waals surface area (Å²) in [5.74, 6) is -1.35. The zero-order chi connectivity index (χ0) is 14.7. The molecule has 0 saturated heterocycles. The molecule has 0 spiro atoms. The van der Waals surface area contributed by atoms with Crippen molar-refractivity contribution in [3.8, 4) is 11.6 Å². The highest BCUT2D eigenvalue weighted by atomic mass is 35.5. The molecule has 2 rings (SSSR count). The summed E-state index contributed by atoms with van der Waals surface area (Å²) in [5.41, 5.74) is -0.833. The monoisotopic (exact) mass is 294 g/mol. The van der Waals surface area contributed by atoms with Crippen LogP contribution in [-0.2, 0) is 0 Å². The summed E-state index contributed by atoms with van der Waals surface area (Å²) in [7, 11) is 0. The van der Waals surface area contributed by atoms with Crippen LogP contribution in [0.25, 0.3) is 0 Å². The van der Waals surface area contributed by atoms with Gasteiger partial charge in [0.15, 0.2) is 0 Å². The van der Waals surface area contributed by atoms with Crippen molar-refractivity contribution >= 4 is 23.3 Å². The van der Waals surface area contributed by atoms with Crippen molar-refractivity contribution in [1.29, 1.82) is 0 Å². The average Bonchev–Trinajstić information content (AvgIpc) is 2.38. The Bertz CT molecular complexity index is 689. The fourth-order valence-corrected chi connectivity index (χ4v) is 1.59. The second-order valence-corrected chi connectivity index (χ2v) is 4.11. The van der Waals surface area contributed by atoms with Crippen LogP contribution in [0.5, 0.6) is 11.6 Å². The topological polar surface area (TPSA) is 103 Å². The second-order valence-electron chi connectivity index (χ2n) is 3.67. The van der Waals surface area contributed by atoms with Gasteiger partial charge in [0.1, 0.15) is 5.75 Å². The fraction of sp³-hybridized carbons (Fsp3) is 0. The van der Waals surface area contributed by atoms with Crippen LogP contribution in [0.2, 0.25) is 5.02 Å². The summed E-state index contributed by atoms with van der Waals surface area (Å²) in [5, 5.41) is 20.1. The lowest BCUT2D eigenvalue weighted by atomic mass is 10.2. The summed E-state index contributed by atoms with van der Waals surface area (Å²) in [6, 6.07) is 7.11. The molecule has 0 aliphatic carbocycles. The van der Waals surface area contributed by atoms with Crippen LogP contribution >= 0.6 is 11.6 Å². The van der Waals surface area contributed by atoms with Crippen molar-refractivity contribution in [3.63, 3.8) is 0 Å². The van der Waals surface area contributed by atoms with E-state index in [1.807, 2.05) is 0 Å². The van der Waals surface area contributed by atoms with Gasteiger partial charge in [-0.15, -0.1) is 0 Å². The molecule has 0 atom stereocenters. The van der Waals surface area contributed by atoms with Crippen molar-refractivity contribution in [2.75, 3.05) is 0 Å². The molecule has 2 aromatic rings. The van der Waals surface area contributed by atoms with E-state index in [-0.39, 0.29) is 17.2 Å². The number of hydrogen-bond acceptors (Lipinski definition) is 5. The Morgan fingerprint density at radius 3 is 2.75 bits per heavy atom. The lowest BCUT2D eigenvalue weighted by Gasteiger charge is -2.05. The van der Waals surface area contributed by atoms with Crippen molar-refractivity contribution < 1.29 is 19.6 Å². The van der Waals surface area contributed by atoms with Gasteiger partial charge in [-0.3, -0.25) is 10.1 Å². The number of carbonyl (C=O) groups is 1. The summed E-state index contributed by atoms with van der Waals surface area (Å²) < 4.78 is 5.26. The second kappa shape index (κ2) is 5.54. The molecule has 1 aromatic carbocycles. The minimum absolute atomic E-state index is 0.260. The van der Waals surface area contributed by atoms with E-state index >= 15 is 0 Å². The molecule has 0 amide bonds. The highest BCUT2D eigenvalue weighted by Gasteiger charge is 2.20. The molecule has 0 aliphatic rings. The Hall–Kier alpha value is -2.67. The zero-order valence-electron chi connectivity index (χ0n) is 9.82. The number of ether oxygens (including phenoxy) is 1. The van der Waals surface area contributed by atoms with Gasteiger partial charge in [0.05, 0.1) is 10.5 Å². The number of nitrogens with zero attached hydrogens (tertiary/aromatic N) is 2. The van der Waals surface area contributed by atoms with Crippen LogP contribution < -0.4 is 4.74 Å². The van der Waals surface area contributed by atoms with Gasteiger partial charge < -0.3 is 9.84 Å². The van der Waals surface area contributed by atoms with Crippen LogP contribution in [-0.4, -0.2) is 21.0 Å². The number of rotatable bonds is 4. The Morgan fingerprint density at radius 1 is 1.40 bits per heavy atom. The molecule has 0 bridgehead atoms. The van der Waals surface area contributed by atoms with Gasteiger partial charge >= 0.3 is 11.7 Å². The maximum atomic E-state index is 10.9. The highest BCUT2D eigenvalue weighted by Crippen LogP contribution is 2.30. The molecular formula is C12H7ClN2O5. The number of pyridine rings is 1. The minimum Gasteiger partial charge on any atom is -0.478 e. The van der Waals surface area contributed by atoms with Gasteiger partial charge in [-0.25, -0.2) is 9.78 Å². The SMILES string of the molecule is O=C(O)c1cnc(Oc2cccc(Cl)c2)c([N+](=O)[O-])c1. The lowest BCUT2D eigenvalue weighted by molar-refractivity contribution is -0.386. The first-order chi connectivity index (χ1) is 9.47. The van der Waals surface area contributed by atoms with Crippen molar-refractivity contribution in [2.24, 2.45) is 0 Å². The Kier molecular flexibility index (Phi) is 3.81. The summed E-state index contributed by atoms with van der Waals surface area (Å²) >= 11 is 5.77. The predicted octanol–water partition coefficient (Wildman–Crippen LogP) is 3.13. The number of aromatic carboxylic acids is 1. The Balaban J connectivity index is 2.41. The van der Waals surface area contributed by atoms with Crippen LogP contribution in [0.4, 0.5) is 5.69 Å². The van der Waals surface area contributed by atoms with Crippen LogP contribution in [0.15, 0.2) is 36.5 Å². The lowest BCUT2D eigenvalue weighted by Crippen LogP contribution is -2.02. The number of hydrogen-bond donors (Lipinski definition) is 1. The van der Waals surface area contributed by atoms with Crippen molar-refractivity contribution in [3.05, 3.63) is 57.2 Å². The van der Waals surface area contributed by atoms with Gasteiger partial charge in [0.25, 0.3) is 5.88 Å². The average molecular weight is 295 g/mol. The van der Waals surface area contributed by atoms with Gasteiger partial charge in [0.2, 0.25) is 0 Å². The third-order valence-corrected chi connectivity index (χ3v) is 2.52. The van der Waals surface area contributed by atoms with E-state index in [2.05, 4.69) is 4.98 Å². The van der Waals surface area contributed by atoms with Gasteiger partial charge in [-0.2, -0.15) is 0 Å². The standard InChI is InChI=1S/C12H7ClN2O5/c13-8-2-1-3-9(5-8)20-11-10(15(18)19)4-7(6-14-11)12(16)17/h1-6H,(H,16,17). The molecule has 0 fully saturated rings. The van der Waals surface area contributed by atoms with Gasteiger partial charge in [-0.05, 0) is 18.2 Å². The molecule has 20 heavy (non-hydrogen) atoms. The minimum atomic E-state index is -1.31. The molecule has 0 unspecified atom stereocenters. The van der Waals surface area contributed by atoms with Gasteiger partial charge in [-0.1, -0.05) is 17.7 Å². The summed E-state index contributed by atoms with van der Waals surface area (Å²) in [6.07, 6.45) is 0.981. The molecule has 0 saturated carbocycles. The number of nitro groups is 1. The molecule has 1 N–H and O–H groups in total.